The van der Waals surface area contributed by atoms with Crippen LogP contribution in [0.15, 0.2) is 48.8 Å². The lowest BCUT2D eigenvalue weighted by Crippen LogP contribution is -2.15. The number of rotatable bonds is 9. The molecule has 184 valence electrons. The van der Waals surface area contributed by atoms with Gasteiger partial charge in [0.25, 0.3) is 0 Å². The summed E-state index contributed by atoms with van der Waals surface area (Å²) in [6, 6.07) is 12.9. The van der Waals surface area contributed by atoms with E-state index in [4.69, 9.17) is 14.6 Å². The molecule has 2 aromatic heterocycles. The topological polar surface area (TPSA) is 134 Å². The van der Waals surface area contributed by atoms with Crippen molar-refractivity contribution >= 4 is 12.1 Å². The van der Waals surface area contributed by atoms with E-state index in [2.05, 4.69) is 27.1 Å². The normalized spacial score (nSPS) is 10.5. The van der Waals surface area contributed by atoms with Gasteiger partial charge in [0.2, 0.25) is 12.3 Å². The second-order valence-electron chi connectivity index (χ2n) is 8.34. The first kappa shape index (κ1) is 27.2. The molecule has 2 heterocycles. The van der Waals surface area contributed by atoms with E-state index in [-0.39, 0.29) is 25.4 Å². The number of aryl methyl sites for hydroxylation is 1. The Morgan fingerprint density at radius 1 is 1.23 bits per heavy atom. The Morgan fingerprint density at radius 2 is 1.91 bits per heavy atom. The minimum atomic E-state index is -0.486. The van der Waals surface area contributed by atoms with Gasteiger partial charge in [-0.05, 0) is 74.2 Å². The van der Waals surface area contributed by atoms with Crippen LogP contribution in [0.2, 0.25) is 0 Å². The largest absolute Gasteiger partial charge is 0.475 e. The highest BCUT2D eigenvalue weighted by atomic mass is 19.1. The molecule has 0 saturated carbocycles. The highest BCUT2D eigenvalue weighted by Crippen LogP contribution is 2.33. The van der Waals surface area contributed by atoms with Crippen molar-refractivity contribution in [1.82, 2.24) is 9.97 Å². The van der Waals surface area contributed by atoms with E-state index in [1.807, 2.05) is 39.0 Å². The molecule has 1 aromatic carbocycles. The summed E-state index contributed by atoms with van der Waals surface area (Å²) in [7, 11) is 0. The molecule has 0 saturated heterocycles. The van der Waals surface area contributed by atoms with Gasteiger partial charge in [0, 0.05) is 30.6 Å². The molecule has 8 nitrogen and oxygen atoms in total. The number of hydrogen-bond acceptors (Lipinski definition) is 7. The fourth-order valence-corrected chi connectivity index (χ4v) is 3.24. The summed E-state index contributed by atoms with van der Waals surface area (Å²) in [5.74, 6) is 0.0264. The molecule has 0 unspecified atom stereocenters. The molecule has 0 bridgehead atoms. The molecule has 3 aromatic rings. The lowest BCUT2D eigenvalue weighted by molar-refractivity contribution is -0.106. The van der Waals surface area contributed by atoms with Crippen LogP contribution in [0.1, 0.15) is 25.8 Å². The van der Waals surface area contributed by atoms with E-state index in [0.29, 0.717) is 30.2 Å². The third kappa shape index (κ3) is 8.05. The van der Waals surface area contributed by atoms with Crippen molar-refractivity contribution in [1.29, 1.82) is 5.26 Å². The zero-order valence-electron chi connectivity index (χ0n) is 20.1. The van der Waals surface area contributed by atoms with Crippen LogP contribution in [0, 0.1) is 29.5 Å². The van der Waals surface area contributed by atoms with Crippen molar-refractivity contribution in [2.24, 2.45) is 11.1 Å². The minimum absolute atomic E-state index is 0.121. The van der Waals surface area contributed by atoms with Gasteiger partial charge in [-0.1, -0.05) is 0 Å². The average molecular weight is 480 g/mol. The number of benzene rings is 1. The monoisotopic (exact) mass is 479 g/mol. The summed E-state index contributed by atoms with van der Waals surface area (Å²) in [5, 5.41) is 21.5. The Hall–Kier alpha value is -4.03. The number of nitriles is 1. The van der Waals surface area contributed by atoms with Crippen LogP contribution in [-0.4, -0.2) is 41.2 Å². The molecule has 1 amide bonds. The van der Waals surface area contributed by atoms with Crippen molar-refractivity contribution in [3.63, 3.8) is 0 Å². The van der Waals surface area contributed by atoms with E-state index in [1.54, 1.807) is 24.5 Å². The Bertz CT molecular complexity index is 1160. The van der Waals surface area contributed by atoms with E-state index in [0.717, 1.165) is 22.3 Å². The molecule has 0 aliphatic carbocycles. The Kier molecular flexibility index (Phi) is 10.1. The SMILES string of the molecule is Cc1cc(F)c(NCCC(C)(C)C#N)cc1-c1cc(OCCO)nc(-c2ccncc2)c1.NC=O. The van der Waals surface area contributed by atoms with Crippen LogP contribution >= 0.6 is 0 Å². The van der Waals surface area contributed by atoms with E-state index in [9.17, 15) is 9.65 Å². The fourth-order valence-electron chi connectivity index (χ4n) is 3.24. The van der Waals surface area contributed by atoms with Crippen LogP contribution in [0.5, 0.6) is 5.88 Å². The van der Waals surface area contributed by atoms with E-state index >= 15 is 0 Å². The summed E-state index contributed by atoms with van der Waals surface area (Å²) in [6.07, 6.45) is 4.21. The standard InChI is InChI=1S/C25H27FN4O2.CH3NO/c1-17-12-21(26)23(29-9-6-25(2,3)16-27)15-20(17)19-13-22(18-4-7-28-8-5-18)30-24(14-19)32-11-10-31;2-1-3/h4-5,7-8,12-15,29,31H,6,9-11H2,1-3H3;1H,(H2,2,3). The van der Waals surface area contributed by atoms with E-state index < -0.39 is 5.41 Å². The fraction of sp³-hybridized carbons (Fsp3) is 0.308. The predicted molar refractivity (Wildman–Crippen MR) is 133 cm³/mol. The maximum atomic E-state index is 14.6. The zero-order valence-corrected chi connectivity index (χ0v) is 20.1. The molecule has 35 heavy (non-hydrogen) atoms. The number of aliphatic hydroxyl groups excluding tert-OH is 1. The third-order valence-corrected chi connectivity index (χ3v) is 5.11. The maximum absolute atomic E-state index is 14.6. The summed E-state index contributed by atoms with van der Waals surface area (Å²) in [6.45, 7) is 6.04. The summed E-state index contributed by atoms with van der Waals surface area (Å²) in [4.78, 5) is 17.2. The molecular weight excluding hydrogens is 449 g/mol. The molecule has 4 N–H and O–H groups in total. The van der Waals surface area contributed by atoms with Crippen molar-refractivity contribution in [3.8, 4) is 34.3 Å². The first-order valence-electron chi connectivity index (χ1n) is 11.0. The highest BCUT2D eigenvalue weighted by molar-refractivity contribution is 5.76. The average Bonchev–Trinajstić information content (AvgIpc) is 2.85. The first-order chi connectivity index (χ1) is 16.7. The van der Waals surface area contributed by atoms with Crippen molar-refractivity contribution in [2.45, 2.75) is 27.2 Å². The molecule has 3 rings (SSSR count). The van der Waals surface area contributed by atoms with Crippen molar-refractivity contribution in [3.05, 3.63) is 60.2 Å². The zero-order chi connectivity index (χ0) is 25.8. The molecule has 0 atom stereocenters. The highest BCUT2D eigenvalue weighted by Gasteiger charge is 2.17. The molecule has 0 fully saturated rings. The molecule has 0 aliphatic rings. The molecule has 0 aliphatic heterocycles. The van der Waals surface area contributed by atoms with Crippen LogP contribution in [0.4, 0.5) is 10.1 Å². The van der Waals surface area contributed by atoms with Gasteiger partial charge in [0.15, 0.2) is 0 Å². The van der Waals surface area contributed by atoms with Crippen LogP contribution in [0.3, 0.4) is 0 Å². The Morgan fingerprint density at radius 3 is 2.54 bits per heavy atom. The number of ether oxygens (including phenoxy) is 1. The second kappa shape index (κ2) is 13.0. The number of hydrogen-bond donors (Lipinski definition) is 3. The number of nitrogens with one attached hydrogen (secondary N) is 1. The molecular formula is C26H30FN5O3. The number of amides is 1. The number of nitrogens with zero attached hydrogens (tertiary/aromatic N) is 3. The number of aromatic nitrogens is 2. The molecule has 0 spiro atoms. The van der Waals surface area contributed by atoms with Gasteiger partial charge in [-0.3, -0.25) is 9.78 Å². The first-order valence-corrected chi connectivity index (χ1v) is 11.0. The summed E-state index contributed by atoms with van der Waals surface area (Å²) in [5.41, 5.74) is 8.03. The third-order valence-electron chi connectivity index (χ3n) is 5.11. The number of anilines is 1. The number of pyridine rings is 2. The quantitative estimate of drug-likeness (QED) is 0.394. The molecule has 9 heteroatoms. The van der Waals surface area contributed by atoms with Gasteiger partial charge >= 0.3 is 0 Å². The van der Waals surface area contributed by atoms with Crippen LogP contribution in [-0.2, 0) is 4.79 Å². The number of halogens is 1. The van der Waals surface area contributed by atoms with Crippen LogP contribution < -0.4 is 15.8 Å². The van der Waals surface area contributed by atoms with E-state index in [1.165, 1.54) is 6.07 Å². The number of carbonyl (C=O) groups excluding carboxylic acids is 1. The van der Waals surface area contributed by atoms with Gasteiger partial charge in [0.05, 0.1) is 29.5 Å². The van der Waals surface area contributed by atoms with Gasteiger partial charge in [0.1, 0.15) is 12.4 Å². The van der Waals surface area contributed by atoms with Gasteiger partial charge < -0.3 is 20.9 Å². The Balaban J connectivity index is 0.00000137. The van der Waals surface area contributed by atoms with Crippen LogP contribution in [0.25, 0.3) is 22.4 Å². The van der Waals surface area contributed by atoms with Gasteiger partial charge in [-0.2, -0.15) is 5.26 Å². The van der Waals surface area contributed by atoms with Gasteiger partial charge in [-0.25, -0.2) is 9.37 Å². The maximum Gasteiger partial charge on any atom is 0.214 e. The van der Waals surface area contributed by atoms with Crippen molar-refractivity contribution < 1.29 is 19.0 Å². The summed E-state index contributed by atoms with van der Waals surface area (Å²) >= 11 is 0. The number of nitrogens with two attached hydrogens (primary N) is 1. The minimum Gasteiger partial charge on any atom is -0.475 e. The number of aliphatic hydroxyl groups is 1. The predicted octanol–water partition coefficient (Wildman–Crippen LogP) is 4.08. The van der Waals surface area contributed by atoms with Gasteiger partial charge in [-0.15, -0.1) is 0 Å². The second-order valence-corrected chi connectivity index (χ2v) is 8.34. The smallest absolute Gasteiger partial charge is 0.214 e. The lowest BCUT2D eigenvalue weighted by Gasteiger charge is -2.17. The Labute approximate surface area is 204 Å². The summed E-state index contributed by atoms with van der Waals surface area (Å²) < 4.78 is 20.2. The number of primary amides is 1. The van der Waals surface area contributed by atoms with Crippen molar-refractivity contribution in [2.75, 3.05) is 25.1 Å². The number of carbonyl (C=O) groups is 1. The molecule has 0 radical (unpaired) electrons. The lowest BCUT2D eigenvalue weighted by atomic mass is 9.91.